The second kappa shape index (κ2) is 65.1. The molecule has 0 rings (SSSR count). The van der Waals surface area contributed by atoms with E-state index in [1.54, 1.807) is 0 Å². The van der Waals surface area contributed by atoms with Crippen LogP contribution in [0.15, 0.2) is 109 Å². The molecule has 2 atom stereocenters. The van der Waals surface area contributed by atoms with Gasteiger partial charge in [-0.3, -0.25) is 18.6 Å². The van der Waals surface area contributed by atoms with Crippen molar-refractivity contribution < 1.29 is 42.1 Å². The lowest BCUT2D eigenvalue weighted by Gasteiger charge is -2.24. The lowest BCUT2D eigenvalue weighted by Crippen LogP contribution is -2.37. The molecule has 10 heteroatoms. The van der Waals surface area contributed by atoms with Gasteiger partial charge in [-0.2, -0.15) is 0 Å². The Morgan fingerprint density at radius 2 is 0.671 bits per heavy atom. The minimum absolute atomic E-state index is 0.0299. The number of phosphoric acid groups is 1. The molecule has 0 aromatic heterocycles. The highest BCUT2D eigenvalue weighted by atomic mass is 31.2. The molecule has 0 heterocycles. The fourth-order valence-electron chi connectivity index (χ4n) is 9.72. The van der Waals surface area contributed by atoms with Crippen LogP contribution in [-0.2, 0) is 32.7 Å². The SMILES string of the molecule is CC/C=C\C/C=C\C/C=C\C/C=C\C/C=C\C/C=C\C/C=C\C/C=C\C/C=C\CCCCCCCCCCCCCCCC(=O)OC(COC(=O)CCCCCCCCCCCCCCCCCCCCCC)COP(=O)(O)OCC[N+](C)(C)C. The highest BCUT2D eigenvalue weighted by molar-refractivity contribution is 7.47. The van der Waals surface area contributed by atoms with E-state index in [2.05, 4.69) is 123 Å². The molecule has 0 fully saturated rings. The molecule has 0 saturated carbocycles. The maximum Gasteiger partial charge on any atom is 0.472 e. The Kier molecular flexibility index (Phi) is 62.6. The first-order chi connectivity index (χ1) is 41.5. The third kappa shape index (κ3) is 69.6. The molecule has 0 aromatic rings. The number of carbonyl (C=O) groups excluding carboxylic acids is 2. The van der Waals surface area contributed by atoms with Crippen molar-refractivity contribution in [2.75, 3.05) is 47.5 Å². The highest BCUT2D eigenvalue weighted by Crippen LogP contribution is 2.43. The average Bonchev–Trinajstić information content (AvgIpc) is 3.51. The van der Waals surface area contributed by atoms with Gasteiger partial charge >= 0.3 is 19.8 Å². The molecule has 490 valence electrons. The number of rotatable bonds is 64. The minimum Gasteiger partial charge on any atom is -0.462 e. The summed E-state index contributed by atoms with van der Waals surface area (Å²) in [5.41, 5.74) is 0. The molecule has 0 radical (unpaired) electrons. The van der Waals surface area contributed by atoms with Crippen molar-refractivity contribution in [3.05, 3.63) is 109 Å². The van der Waals surface area contributed by atoms with E-state index in [0.29, 0.717) is 23.9 Å². The first-order valence-electron chi connectivity index (χ1n) is 35.1. The van der Waals surface area contributed by atoms with Gasteiger partial charge in [0.2, 0.25) is 0 Å². The zero-order valence-corrected chi connectivity index (χ0v) is 56.7. The summed E-state index contributed by atoms with van der Waals surface area (Å²) in [6, 6.07) is 0. The monoisotopic (exact) mass is 1210 g/mol. The van der Waals surface area contributed by atoms with Gasteiger partial charge in [0.25, 0.3) is 0 Å². The predicted octanol–water partition coefficient (Wildman–Crippen LogP) is 22.9. The van der Waals surface area contributed by atoms with Crippen LogP contribution in [0.3, 0.4) is 0 Å². The number of esters is 2. The topological polar surface area (TPSA) is 108 Å². The van der Waals surface area contributed by atoms with Gasteiger partial charge in [-0.15, -0.1) is 0 Å². The van der Waals surface area contributed by atoms with E-state index in [0.717, 1.165) is 96.3 Å². The molecule has 0 aliphatic carbocycles. The van der Waals surface area contributed by atoms with Crippen LogP contribution in [0.4, 0.5) is 0 Å². The number of phosphoric ester groups is 1. The van der Waals surface area contributed by atoms with Crippen LogP contribution >= 0.6 is 7.82 Å². The predicted molar refractivity (Wildman–Crippen MR) is 367 cm³/mol. The van der Waals surface area contributed by atoms with Gasteiger partial charge in [0.1, 0.15) is 19.8 Å². The Morgan fingerprint density at radius 3 is 1.00 bits per heavy atom. The Labute approximate surface area is 525 Å². The number of ether oxygens (including phenoxy) is 2. The van der Waals surface area contributed by atoms with Crippen molar-refractivity contribution in [1.82, 2.24) is 0 Å². The fraction of sp³-hybridized carbons (Fsp3) is 0.733. The van der Waals surface area contributed by atoms with Gasteiger partial charge in [0.05, 0.1) is 27.7 Å². The molecular weight excluding hydrogens is 1070 g/mol. The lowest BCUT2D eigenvalue weighted by atomic mass is 10.0. The number of carbonyl (C=O) groups is 2. The van der Waals surface area contributed by atoms with Crippen LogP contribution in [0, 0.1) is 0 Å². The smallest absolute Gasteiger partial charge is 0.462 e. The zero-order valence-electron chi connectivity index (χ0n) is 55.8. The summed E-state index contributed by atoms with van der Waals surface area (Å²) in [6.07, 6.45) is 91.9. The maximum absolute atomic E-state index is 12.9. The van der Waals surface area contributed by atoms with Gasteiger partial charge in [0.15, 0.2) is 6.10 Å². The van der Waals surface area contributed by atoms with Gasteiger partial charge in [-0.1, -0.05) is 316 Å². The number of unbranched alkanes of at least 4 members (excludes halogenated alkanes) is 32. The standard InChI is InChI=1S/C75H132NO8P/c1-6-8-10-12-14-16-18-20-22-24-26-28-29-30-31-32-33-34-35-36-37-38-39-40-41-42-43-44-45-46-47-48-50-52-54-56-58-60-62-64-66-68-75(78)84-73(72-83-85(79,80)82-70-69-76(3,4)5)71-81-74(77)67-65-63-61-59-57-55-53-51-49-27-25-23-21-19-17-15-13-11-9-7-2/h8,10,14,16,20,22,26,28,30-31,33-34,36-37,39-40,42-43,73H,6-7,9,11-13,15,17-19,21,23-25,27,29,32,35,38,41,44-72H2,1-5H3/p+1/b10-8-,16-14-,22-20-,28-26-,31-30-,34-33-,37-36-,40-39-,43-42-. The molecule has 1 N–H and O–H groups in total. The number of hydrogen-bond donors (Lipinski definition) is 1. The third-order valence-corrected chi connectivity index (χ3v) is 16.1. The van der Waals surface area contributed by atoms with Crippen molar-refractivity contribution in [3.63, 3.8) is 0 Å². The molecule has 0 saturated heterocycles. The normalized spacial score (nSPS) is 13.8. The van der Waals surface area contributed by atoms with Crippen LogP contribution in [0.5, 0.6) is 0 Å². The summed E-state index contributed by atoms with van der Waals surface area (Å²) in [6.45, 7) is 4.35. The molecule has 0 amide bonds. The maximum atomic E-state index is 12.9. The fourth-order valence-corrected chi connectivity index (χ4v) is 10.5. The van der Waals surface area contributed by atoms with E-state index < -0.39 is 26.5 Å². The number of likely N-dealkylation sites (N-methyl/N-ethyl adjacent to an activating group) is 1. The van der Waals surface area contributed by atoms with E-state index in [1.165, 1.54) is 173 Å². The Bertz CT molecular complexity index is 1800. The molecule has 0 aromatic carbocycles. The largest absolute Gasteiger partial charge is 0.472 e. The first kappa shape index (κ1) is 81.7. The molecule has 85 heavy (non-hydrogen) atoms. The molecule has 0 aliphatic heterocycles. The minimum atomic E-state index is -4.39. The quantitative estimate of drug-likeness (QED) is 0.0211. The summed E-state index contributed by atoms with van der Waals surface area (Å²) in [4.78, 5) is 35.8. The number of nitrogens with zero attached hydrogens (tertiary/aromatic N) is 1. The molecule has 0 aliphatic rings. The Hall–Kier alpha value is -3.33. The number of hydrogen-bond acceptors (Lipinski definition) is 7. The highest BCUT2D eigenvalue weighted by Gasteiger charge is 2.27. The van der Waals surface area contributed by atoms with Crippen molar-refractivity contribution in [1.29, 1.82) is 0 Å². The number of allylic oxidation sites excluding steroid dienone is 18. The lowest BCUT2D eigenvalue weighted by molar-refractivity contribution is -0.870. The van der Waals surface area contributed by atoms with Crippen molar-refractivity contribution in [3.8, 4) is 0 Å². The molecule has 9 nitrogen and oxygen atoms in total. The van der Waals surface area contributed by atoms with E-state index >= 15 is 0 Å². The van der Waals surface area contributed by atoms with Crippen molar-refractivity contribution in [2.45, 2.75) is 309 Å². The zero-order chi connectivity index (χ0) is 61.9. The van der Waals surface area contributed by atoms with Crippen molar-refractivity contribution in [2.24, 2.45) is 0 Å². The van der Waals surface area contributed by atoms with Crippen LogP contribution in [-0.4, -0.2) is 74.9 Å². The van der Waals surface area contributed by atoms with Crippen molar-refractivity contribution >= 4 is 19.8 Å². The van der Waals surface area contributed by atoms with Crippen LogP contribution < -0.4 is 0 Å². The van der Waals surface area contributed by atoms with Gasteiger partial charge in [0, 0.05) is 12.8 Å². The summed E-state index contributed by atoms with van der Waals surface area (Å²) in [5.74, 6) is -0.789. The van der Waals surface area contributed by atoms with Crippen LogP contribution in [0.2, 0.25) is 0 Å². The first-order valence-corrected chi connectivity index (χ1v) is 36.6. The summed E-state index contributed by atoms with van der Waals surface area (Å²) >= 11 is 0. The summed E-state index contributed by atoms with van der Waals surface area (Å²) in [7, 11) is 1.48. The molecule has 2 unspecified atom stereocenters. The third-order valence-electron chi connectivity index (χ3n) is 15.1. The van der Waals surface area contributed by atoms with E-state index in [9.17, 15) is 19.0 Å². The summed E-state index contributed by atoms with van der Waals surface area (Å²) < 4.78 is 34.7. The molecule has 0 bridgehead atoms. The second-order valence-corrected chi connectivity index (χ2v) is 26.0. The van der Waals surface area contributed by atoms with Crippen LogP contribution in [0.1, 0.15) is 303 Å². The van der Waals surface area contributed by atoms with E-state index in [-0.39, 0.29) is 25.6 Å². The van der Waals surface area contributed by atoms with Crippen LogP contribution in [0.25, 0.3) is 0 Å². The van der Waals surface area contributed by atoms with E-state index in [1.807, 2.05) is 21.1 Å². The molecule has 0 spiro atoms. The molecular formula is C75H133NO8P+. The Balaban J connectivity index is 4.03. The average molecular weight is 1210 g/mol. The Morgan fingerprint density at radius 1 is 0.376 bits per heavy atom. The number of quaternary nitrogens is 1. The van der Waals surface area contributed by atoms with Gasteiger partial charge in [-0.25, -0.2) is 4.57 Å². The van der Waals surface area contributed by atoms with Gasteiger partial charge < -0.3 is 18.9 Å². The summed E-state index contributed by atoms with van der Waals surface area (Å²) in [5, 5.41) is 0. The second-order valence-electron chi connectivity index (χ2n) is 24.5. The van der Waals surface area contributed by atoms with E-state index in [4.69, 9.17) is 18.5 Å². The van der Waals surface area contributed by atoms with Gasteiger partial charge in [-0.05, 0) is 83.5 Å².